The smallest absolute Gasteiger partial charge is 0.344 e. The molecule has 2 amide bonds. The monoisotopic (exact) mass is 426 g/mol. The zero-order chi connectivity index (χ0) is 21.8. The second-order valence-corrected chi connectivity index (χ2v) is 8.04. The Morgan fingerprint density at radius 2 is 1.84 bits per heavy atom. The van der Waals surface area contributed by atoms with Crippen LogP contribution in [0.1, 0.15) is 12.5 Å². The van der Waals surface area contributed by atoms with Gasteiger partial charge in [-0.25, -0.2) is 4.79 Å². The van der Waals surface area contributed by atoms with E-state index in [0.29, 0.717) is 18.8 Å². The fraction of sp³-hybridized carbons (Fsp3) is 0.500. The fourth-order valence-electron chi connectivity index (χ4n) is 3.95. The van der Waals surface area contributed by atoms with Gasteiger partial charge in [0, 0.05) is 65.5 Å². The first-order chi connectivity index (χ1) is 15.0. The van der Waals surface area contributed by atoms with Crippen LogP contribution in [0, 0.1) is 0 Å². The minimum atomic E-state index is -0.155. The maximum absolute atomic E-state index is 12.8. The number of anilines is 2. The Morgan fingerprint density at radius 3 is 2.55 bits per heavy atom. The predicted molar refractivity (Wildman–Crippen MR) is 118 cm³/mol. The molecule has 1 aromatic carbocycles. The van der Waals surface area contributed by atoms with Gasteiger partial charge in [-0.15, -0.1) is 0 Å². The molecular weight excluding hydrogens is 396 g/mol. The molecule has 9 heteroatoms. The van der Waals surface area contributed by atoms with Crippen molar-refractivity contribution in [1.82, 2.24) is 19.6 Å². The molecule has 3 heterocycles. The zero-order valence-corrected chi connectivity index (χ0v) is 18.2. The van der Waals surface area contributed by atoms with Crippen LogP contribution in [0.4, 0.5) is 16.2 Å². The van der Waals surface area contributed by atoms with Gasteiger partial charge < -0.3 is 19.4 Å². The van der Waals surface area contributed by atoms with Gasteiger partial charge in [-0.2, -0.15) is 9.78 Å². The van der Waals surface area contributed by atoms with Gasteiger partial charge >= 0.3 is 6.03 Å². The Kier molecular flexibility index (Phi) is 6.53. The molecule has 0 radical (unpaired) electrons. The van der Waals surface area contributed by atoms with E-state index in [2.05, 4.69) is 39.2 Å². The van der Waals surface area contributed by atoms with Crippen molar-refractivity contribution in [2.75, 3.05) is 69.3 Å². The van der Waals surface area contributed by atoms with E-state index < -0.39 is 0 Å². The molecule has 31 heavy (non-hydrogen) atoms. The third-order valence-electron chi connectivity index (χ3n) is 5.96. The molecule has 1 aromatic heterocycles. The summed E-state index contributed by atoms with van der Waals surface area (Å²) in [5.74, 6) is -0.0988. The number of nitrogens with zero attached hydrogens (tertiary/aromatic N) is 6. The Hall–Kier alpha value is -2.91. The number of ether oxygens (including phenoxy) is 1. The van der Waals surface area contributed by atoms with Crippen LogP contribution in [-0.4, -0.2) is 91.0 Å². The molecule has 0 bridgehead atoms. The highest BCUT2D eigenvalue weighted by Crippen LogP contribution is 2.19. The standard InChI is InChI=1S/C22H30N6O3/c1-18(29)24(2)21-15-23-28(17-21)22(30)27-8-6-25(7-9-27)16-19-4-3-5-20(14-19)26-10-12-31-13-11-26/h3-5,14-15,17H,6-13,16H2,1-2H3. The van der Waals surface area contributed by atoms with Crippen molar-refractivity contribution < 1.29 is 14.3 Å². The summed E-state index contributed by atoms with van der Waals surface area (Å²) in [6.07, 6.45) is 3.14. The summed E-state index contributed by atoms with van der Waals surface area (Å²) in [6, 6.07) is 8.55. The highest BCUT2D eigenvalue weighted by Gasteiger charge is 2.23. The van der Waals surface area contributed by atoms with Crippen molar-refractivity contribution in [1.29, 1.82) is 0 Å². The van der Waals surface area contributed by atoms with E-state index in [4.69, 9.17) is 4.74 Å². The van der Waals surface area contributed by atoms with Crippen LogP contribution in [0.5, 0.6) is 0 Å². The van der Waals surface area contributed by atoms with Gasteiger partial charge in [0.15, 0.2) is 0 Å². The number of hydrogen-bond acceptors (Lipinski definition) is 6. The number of carbonyl (C=O) groups is 2. The maximum atomic E-state index is 12.8. The molecule has 2 aliphatic heterocycles. The normalized spacial score (nSPS) is 17.6. The third-order valence-corrected chi connectivity index (χ3v) is 5.96. The molecule has 0 N–H and O–H groups in total. The SMILES string of the molecule is CC(=O)N(C)c1cnn(C(=O)N2CCN(Cc3cccc(N4CCOCC4)c3)CC2)c1. The van der Waals surface area contributed by atoms with Crippen LogP contribution in [0.15, 0.2) is 36.7 Å². The lowest BCUT2D eigenvalue weighted by Crippen LogP contribution is -2.49. The van der Waals surface area contributed by atoms with Crippen molar-refractivity contribution in [2.24, 2.45) is 0 Å². The molecule has 9 nitrogen and oxygen atoms in total. The molecule has 2 fully saturated rings. The molecule has 2 saturated heterocycles. The highest BCUT2D eigenvalue weighted by molar-refractivity contribution is 5.91. The first kappa shape index (κ1) is 21.3. The highest BCUT2D eigenvalue weighted by atomic mass is 16.5. The average molecular weight is 427 g/mol. The Labute approximate surface area is 182 Å². The second-order valence-electron chi connectivity index (χ2n) is 8.04. The number of morpholine rings is 1. The first-order valence-electron chi connectivity index (χ1n) is 10.7. The second kappa shape index (κ2) is 9.49. The van der Waals surface area contributed by atoms with Crippen molar-refractivity contribution in [3.8, 4) is 0 Å². The van der Waals surface area contributed by atoms with E-state index in [1.165, 1.54) is 34.0 Å². The Bertz CT molecular complexity index is 915. The van der Waals surface area contributed by atoms with E-state index in [1.807, 2.05) is 4.90 Å². The summed E-state index contributed by atoms with van der Waals surface area (Å²) < 4.78 is 6.77. The quantitative estimate of drug-likeness (QED) is 0.738. The molecule has 2 aliphatic rings. The Balaban J connectivity index is 1.31. The first-order valence-corrected chi connectivity index (χ1v) is 10.7. The fourth-order valence-corrected chi connectivity index (χ4v) is 3.95. The van der Waals surface area contributed by atoms with Gasteiger partial charge in [0.05, 0.1) is 31.3 Å². The van der Waals surface area contributed by atoms with Crippen LogP contribution >= 0.6 is 0 Å². The van der Waals surface area contributed by atoms with Crippen molar-refractivity contribution >= 4 is 23.3 Å². The van der Waals surface area contributed by atoms with Crippen molar-refractivity contribution in [2.45, 2.75) is 13.5 Å². The number of carbonyl (C=O) groups excluding carboxylic acids is 2. The van der Waals surface area contributed by atoms with E-state index in [1.54, 1.807) is 13.2 Å². The average Bonchev–Trinajstić information content (AvgIpc) is 3.29. The molecule has 0 saturated carbocycles. The third kappa shape index (κ3) is 5.05. The van der Waals surface area contributed by atoms with Gasteiger partial charge in [-0.1, -0.05) is 12.1 Å². The lowest BCUT2D eigenvalue weighted by atomic mass is 10.1. The summed E-state index contributed by atoms with van der Waals surface area (Å²) in [6.45, 7) is 8.71. The summed E-state index contributed by atoms with van der Waals surface area (Å²) in [5.41, 5.74) is 3.15. The number of rotatable bonds is 4. The minimum absolute atomic E-state index is 0.0988. The minimum Gasteiger partial charge on any atom is -0.378 e. The van der Waals surface area contributed by atoms with Gasteiger partial charge in [-0.05, 0) is 17.7 Å². The van der Waals surface area contributed by atoms with Gasteiger partial charge in [-0.3, -0.25) is 9.69 Å². The van der Waals surface area contributed by atoms with E-state index >= 15 is 0 Å². The summed E-state index contributed by atoms with van der Waals surface area (Å²) in [7, 11) is 1.67. The molecule has 0 spiro atoms. The Morgan fingerprint density at radius 1 is 1.10 bits per heavy atom. The summed E-state index contributed by atoms with van der Waals surface area (Å²) in [4.78, 5) is 32.3. The predicted octanol–water partition coefficient (Wildman–Crippen LogP) is 1.49. The van der Waals surface area contributed by atoms with Crippen LogP contribution in [0.25, 0.3) is 0 Å². The van der Waals surface area contributed by atoms with Crippen molar-refractivity contribution in [3.05, 3.63) is 42.2 Å². The molecule has 166 valence electrons. The summed E-state index contributed by atoms with van der Waals surface area (Å²) >= 11 is 0. The van der Waals surface area contributed by atoms with Crippen molar-refractivity contribution in [3.63, 3.8) is 0 Å². The molecule has 0 aliphatic carbocycles. The van der Waals surface area contributed by atoms with E-state index in [9.17, 15) is 9.59 Å². The maximum Gasteiger partial charge on any atom is 0.344 e. The largest absolute Gasteiger partial charge is 0.378 e. The number of piperazine rings is 1. The lowest BCUT2D eigenvalue weighted by Gasteiger charge is -2.34. The van der Waals surface area contributed by atoms with Gasteiger partial charge in [0.25, 0.3) is 0 Å². The van der Waals surface area contributed by atoms with E-state index in [-0.39, 0.29) is 11.9 Å². The lowest BCUT2D eigenvalue weighted by molar-refractivity contribution is -0.116. The van der Waals surface area contributed by atoms with E-state index in [0.717, 1.165) is 45.9 Å². The molecule has 0 atom stereocenters. The number of aromatic nitrogens is 2. The molecule has 4 rings (SSSR count). The number of hydrogen-bond donors (Lipinski definition) is 0. The molecule has 2 aromatic rings. The zero-order valence-electron chi connectivity index (χ0n) is 18.2. The van der Waals surface area contributed by atoms with Crippen LogP contribution in [-0.2, 0) is 16.1 Å². The number of benzene rings is 1. The van der Waals surface area contributed by atoms with Crippen LogP contribution in [0.3, 0.4) is 0 Å². The van der Waals surface area contributed by atoms with Crippen LogP contribution < -0.4 is 9.80 Å². The number of amides is 2. The molecule has 0 unspecified atom stereocenters. The molecular formula is C22H30N6O3. The topological polar surface area (TPSA) is 74.2 Å². The summed E-state index contributed by atoms with van der Waals surface area (Å²) in [5, 5.41) is 4.14. The van der Waals surface area contributed by atoms with Gasteiger partial charge in [0.2, 0.25) is 5.91 Å². The van der Waals surface area contributed by atoms with Gasteiger partial charge in [0.1, 0.15) is 0 Å². The van der Waals surface area contributed by atoms with Crippen LogP contribution in [0.2, 0.25) is 0 Å².